The number of ether oxygens (including phenoxy) is 1. The Hall–Kier alpha value is -1.83. The summed E-state index contributed by atoms with van der Waals surface area (Å²) in [6, 6.07) is 6.69. The summed E-state index contributed by atoms with van der Waals surface area (Å²) in [7, 11) is -13.5. The van der Waals surface area contributed by atoms with Crippen molar-refractivity contribution in [2.75, 3.05) is 0 Å². The van der Waals surface area contributed by atoms with Crippen LogP contribution < -0.4 is 0 Å². The first kappa shape index (κ1) is 23.2. The van der Waals surface area contributed by atoms with Gasteiger partial charge in [-0.3, -0.25) is 0 Å². The molecule has 0 aliphatic rings. The van der Waals surface area contributed by atoms with Crippen molar-refractivity contribution >= 4 is 25.6 Å². The molecule has 0 heterocycles. The van der Waals surface area contributed by atoms with Crippen molar-refractivity contribution in [2.24, 2.45) is 0 Å². The highest BCUT2D eigenvalue weighted by molar-refractivity contribution is 8.09. The van der Waals surface area contributed by atoms with E-state index in [9.17, 15) is 48.0 Å². The van der Waals surface area contributed by atoms with E-state index in [1.54, 1.807) is 0 Å². The molecule has 0 saturated heterocycles. The third-order valence-corrected chi connectivity index (χ3v) is 7.76. The van der Waals surface area contributed by atoms with Crippen LogP contribution in [0.2, 0.25) is 0 Å². The molecule has 14 heteroatoms. The van der Waals surface area contributed by atoms with Crippen molar-refractivity contribution in [2.45, 2.75) is 35.0 Å². The molecule has 6 nitrogen and oxygen atoms in total. The minimum absolute atomic E-state index is 0.127. The number of sulfone groups is 2. The zero-order chi connectivity index (χ0) is 21.3. The van der Waals surface area contributed by atoms with Crippen molar-refractivity contribution in [1.29, 1.82) is 0 Å². The molecule has 0 saturated carbocycles. The standard InChI is InChI=1S/C13H12F6O6S2/c1-8(25-11(20)9-5-3-2-4-6-9)7-10(26(21,22)12(14,15)16)27(23,24)13(17,18)19/h2-6,8,10H,7H2,1H3. The average Bonchev–Trinajstić information content (AvgIpc) is 2.50. The number of alkyl halides is 6. The van der Waals surface area contributed by atoms with Crippen LogP contribution >= 0.6 is 0 Å². The van der Waals surface area contributed by atoms with E-state index in [0.29, 0.717) is 0 Å². The summed E-state index contributed by atoms with van der Waals surface area (Å²) in [5, 5.41) is 0. The zero-order valence-corrected chi connectivity index (χ0v) is 14.9. The maximum absolute atomic E-state index is 12.7. The van der Waals surface area contributed by atoms with Gasteiger partial charge in [0.05, 0.1) is 5.56 Å². The van der Waals surface area contributed by atoms with E-state index in [4.69, 9.17) is 0 Å². The molecule has 1 aromatic carbocycles. The predicted molar refractivity (Wildman–Crippen MR) is 79.7 cm³/mol. The lowest BCUT2D eigenvalue weighted by Crippen LogP contribution is -2.46. The fraction of sp³-hybridized carbons (Fsp3) is 0.462. The van der Waals surface area contributed by atoms with Crippen LogP contribution in [0.15, 0.2) is 30.3 Å². The summed E-state index contributed by atoms with van der Waals surface area (Å²) in [5.41, 5.74) is -12.7. The Balaban J connectivity index is 3.21. The SMILES string of the molecule is CC(CC(S(=O)(=O)C(F)(F)F)S(=O)(=O)C(F)(F)F)OC(=O)c1ccccc1. The highest BCUT2D eigenvalue weighted by Gasteiger charge is 2.63. The minimum atomic E-state index is -6.77. The van der Waals surface area contributed by atoms with E-state index in [-0.39, 0.29) is 5.56 Å². The molecule has 0 bridgehead atoms. The minimum Gasteiger partial charge on any atom is -0.459 e. The van der Waals surface area contributed by atoms with Crippen molar-refractivity contribution in [1.82, 2.24) is 0 Å². The van der Waals surface area contributed by atoms with E-state index < -0.39 is 53.8 Å². The second-order valence-corrected chi connectivity index (χ2v) is 9.77. The Kier molecular flexibility index (Phi) is 6.58. The van der Waals surface area contributed by atoms with Crippen LogP contribution in [0.4, 0.5) is 26.3 Å². The smallest absolute Gasteiger partial charge is 0.459 e. The largest absolute Gasteiger partial charge is 0.498 e. The number of rotatable bonds is 6. The fourth-order valence-electron chi connectivity index (χ4n) is 1.86. The van der Waals surface area contributed by atoms with Crippen molar-refractivity contribution in [3.05, 3.63) is 35.9 Å². The molecule has 1 rings (SSSR count). The van der Waals surface area contributed by atoms with Gasteiger partial charge in [0.15, 0.2) is 4.58 Å². The van der Waals surface area contributed by atoms with Crippen LogP contribution in [0.25, 0.3) is 0 Å². The van der Waals surface area contributed by atoms with Crippen LogP contribution in [-0.4, -0.2) is 44.5 Å². The molecular weight excluding hydrogens is 430 g/mol. The lowest BCUT2D eigenvalue weighted by atomic mass is 10.2. The van der Waals surface area contributed by atoms with Gasteiger partial charge in [-0.15, -0.1) is 0 Å². The van der Waals surface area contributed by atoms with Gasteiger partial charge in [-0.05, 0) is 19.1 Å². The molecule has 27 heavy (non-hydrogen) atoms. The number of carbonyl (C=O) groups excluding carboxylic acids is 1. The number of hydrogen-bond acceptors (Lipinski definition) is 6. The Morgan fingerprint density at radius 2 is 1.33 bits per heavy atom. The maximum atomic E-state index is 12.7. The topological polar surface area (TPSA) is 94.6 Å². The van der Waals surface area contributed by atoms with Crippen LogP contribution in [0.1, 0.15) is 23.7 Å². The van der Waals surface area contributed by atoms with Gasteiger partial charge in [-0.25, -0.2) is 21.6 Å². The highest BCUT2D eigenvalue weighted by Crippen LogP contribution is 2.38. The molecule has 0 aliphatic heterocycles. The van der Waals surface area contributed by atoms with E-state index >= 15 is 0 Å². The quantitative estimate of drug-likeness (QED) is 0.497. The Morgan fingerprint density at radius 3 is 1.70 bits per heavy atom. The number of carbonyl (C=O) groups is 1. The summed E-state index contributed by atoms with van der Waals surface area (Å²) < 4.78 is 122. The molecular formula is C13H12F6O6S2. The van der Waals surface area contributed by atoms with Crippen LogP contribution in [0, 0.1) is 0 Å². The summed E-state index contributed by atoms with van der Waals surface area (Å²) >= 11 is 0. The summed E-state index contributed by atoms with van der Waals surface area (Å²) in [5.74, 6) is -1.18. The van der Waals surface area contributed by atoms with Crippen LogP contribution in [-0.2, 0) is 24.4 Å². The fourth-order valence-corrected chi connectivity index (χ4v) is 5.50. The number of halogens is 6. The van der Waals surface area contributed by atoms with Gasteiger partial charge in [-0.2, -0.15) is 26.3 Å². The van der Waals surface area contributed by atoms with E-state index in [0.717, 1.165) is 6.92 Å². The van der Waals surface area contributed by atoms with Gasteiger partial charge in [0.1, 0.15) is 6.10 Å². The molecule has 0 N–H and O–H groups in total. The maximum Gasteiger partial charge on any atom is 0.498 e. The van der Waals surface area contributed by atoms with Crippen LogP contribution in [0.5, 0.6) is 0 Å². The molecule has 0 aromatic heterocycles. The molecule has 0 amide bonds. The molecule has 1 atom stereocenters. The molecule has 0 fully saturated rings. The normalized spacial score (nSPS) is 14.8. The van der Waals surface area contributed by atoms with E-state index in [2.05, 4.69) is 4.74 Å². The van der Waals surface area contributed by atoms with Crippen molar-refractivity contribution in [3.63, 3.8) is 0 Å². The van der Waals surface area contributed by atoms with Gasteiger partial charge < -0.3 is 4.74 Å². The second-order valence-electron chi connectivity index (χ2n) is 5.23. The van der Waals surface area contributed by atoms with Crippen LogP contribution in [0.3, 0.4) is 0 Å². The number of benzene rings is 1. The lowest BCUT2D eigenvalue weighted by Gasteiger charge is -2.23. The lowest BCUT2D eigenvalue weighted by molar-refractivity contribution is -0.0476. The van der Waals surface area contributed by atoms with E-state index in [1.807, 2.05) is 0 Å². The van der Waals surface area contributed by atoms with Gasteiger partial charge in [0.2, 0.25) is 0 Å². The Morgan fingerprint density at radius 1 is 0.926 bits per heavy atom. The Bertz CT molecular complexity index is 830. The molecule has 0 spiro atoms. The highest BCUT2D eigenvalue weighted by atomic mass is 32.3. The third-order valence-electron chi connectivity index (χ3n) is 3.18. The summed E-state index contributed by atoms with van der Waals surface area (Å²) in [6.45, 7) is 0.769. The first-order valence-electron chi connectivity index (χ1n) is 6.88. The monoisotopic (exact) mass is 442 g/mol. The van der Waals surface area contributed by atoms with Gasteiger partial charge in [0.25, 0.3) is 19.7 Å². The van der Waals surface area contributed by atoms with Gasteiger partial charge in [0, 0.05) is 6.42 Å². The molecule has 1 unspecified atom stereocenters. The van der Waals surface area contributed by atoms with Gasteiger partial charge >= 0.3 is 17.0 Å². The Labute approximate surface area is 150 Å². The summed E-state index contributed by atoms with van der Waals surface area (Å²) in [6.07, 6.45) is -3.65. The molecule has 0 radical (unpaired) electrons. The zero-order valence-electron chi connectivity index (χ0n) is 13.3. The first-order valence-corrected chi connectivity index (χ1v) is 9.97. The molecule has 154 valence electrons. The first-order chi connectivity index (χ1) is 12.0. The summed E-state index contributed by atoms with van der Waals surface area (Å²) in [4.78, 5) is 11.8. The number of esters is 1. The average molecular weight is 442 g/mol. The molecule has 1 aromatic rings. The number of hydrogen-bond donors (Lipinski definition) is 0. The molecule has 0 aliphatic carbocycles. The van der Waals surface area contributed by atoms with Crippen molar-refractivity contribution in [3.8, 4) is 0 Å². The van der Waals surface area contributed by atoms with E-state index in [1.165, 1.54) is 30.3 Å². The van der Waals surface area contributed by atoms with Gasteiger partial charge in [-0.1, -0.05) is 18.2 Å². The second kappa shape index (κ2) is 7.66. The third kappa shape index (κ3) is 5.12. The van der Waals surface area contributed by atoms with Crippen molar-refractivity contribution < 1.29 is 52.7 Å². The predicted octanol–water partition coefficient (Wildman–Crippen LogP) is 2.82.